The van der Waals surface area contributed by atoms with Crippen molar-refractivity contribution in [1.82, 2.24) is 4.72 Å². The van der Waals surface area contributed by atoms with Gasteiger partial charge in [0.1, 0.15) is 16.2 Å². The van der Waals surface area contributed by atoms with E-state index in [1.807, 2.05) is 0 Å². The molecule has 1 fully saturated rings. The van der Waals surface area contributed by atoms with Gasteiger partial charge in [0.25, 0.3) is 0 Å². The predicted octanol–water partition coefficient (Wildman–Crippen LogP) is 1.53. The van der Waals surface area contributed by atoms with Crippen LogP contribution in [0.2, 0.25) is 0 Å². The second-order valence-corrected chi connectivity index (χ2v) is 6.53. The molecule has 2 rings (SSSR count). The molecule has 3 N–H and O–H groups in total. The van der Waals surface area contributed by atoms with Gasteiger partial charge in [0.2, 0.25) is 10.0 Å². The lowest BCUT2D eigenvalue weighted by Crippen LogP contribution is -2.47. The number of alkyl halides is 3. The number of sulfonamides is 1. The summed E-state index contributed by atoms with van der Waals surface area (Å²) in [5.74, 6) is -0.0385. The van der Waals surface area contributed by atoms with Gasteiger partial charge >= 0.3 is 6.18 Å². The smallest absolute Gasteiger partial charge is 0.407 e. The summed E-state index contributed by atoms with van der Waals surface area (Å²) in [7, 11) is -3.10. The second-order valence-electron chi connectivity index (χ2n) is 4.87. The van der Waals surface area contributed by atoms with Crippen LogP contribution in [0.3, 0.4) is 0 Å². The van der Waals surface area contributed by atoms with Gasteiger partial charge in [0.15, 0.2) is 0 Å². The molecular formula is C12H15F3N2O3S. The zero-order chi connectivity index (χ0) is 15.9. The van der Waals surface area contributed by atoms with Crippen molar-refractivity contribution in [2.75, 3.05) is 7.11 Å². The van der Waals surface area contributed by atoms with Crippen molar-refractivity contribution in [3.05, 3.63) is 23.8 Å². The largest absolute Gasteiger partial charge is 0.495 e. The number of hydrogen-bond acceptors (Lipinski definition) is 4. The fraction of sp³-hybridized carbons (Fsp3) is 0.500. The van der Waals surface area contributed by atoms with E-state index in [1.165, 1.54) is 25.3 Å². The van der Waals surface area contributed by atoms with E-state index in [-0.39, 0.29) is 30.0 Å². The quantitative estimate of drug-likeness (QED) is 0.860. The fourth-order valence-electron chi connectivity index (χ4n) is 1.94. The molecule has 0 aliphatic heterocycles. The van der Waals surface area contributed by atoms with Crippen molar-refractivity contribution < 1.29 is 26.3 Å². The normalized spacial score (nSPS) is 17.6. The molecule has 0 unspecified atom stereocenters. The first kappa shape index (κ1) is 16.1. The molecule has 0 radical (unpaired) electrons. The van der Waals surface area contributed by atoms with Crippen LogP contribution in [0.1, 0.15) is 18.4 Å². The molecular weight excluding hydrogens is 309 g/mol. The van der Waals surface area contributed by atoms with Gasteiger partial charge in [-0.3, -0.25) is 0 Å². The van der Waals surface area contributed by atoms with Gasteiger partial charge < -0.3 is 10.5 Å². The van der Waals surface area contributed by atoms with Crippen molar-refractivity contribution in [3.63, 3.8) is 0 Å². The minimum atomic E-state index is -4.62. The van der Waals surface area contributed by atoms with Crippen LogP contribution in [0.5, 0.6) is 5.75 Å². The van der Waals surface area contributed by atoms with E-state index in [9.17, 15) is 21.6 Å². The minimum absolute atomic E-state index is 0.0385. The minimum Gasteiger partial charge on any atom is -0.495 e. The Hall–Kier alpha value is -1.32. The third kappa shape index (κ3) is 2.99. The number of methoxy groups -OCH3 is 1. The zero-order valence-electron chi connectivity index (χ0n) is 11.2. The summed E-state index contributed by atoms with van der Waals surface area (Å²) in [6.45, 7) is 0.163. The molecule has 9 heteroatoms. The first-order valence-electron chi connectivity index (χ1n) is 6.13. The highest BCUT2D eigenvalue weighted by molar-refractivity contribution is 7.89. The number of benzene rings is 1. The summed E-state index contributed by atoms with van der Waals surface area (Å²) >= 11 is 0. The summed E-state index contributed by atoms with van der Waals surface area (Å²) in [5.41, 5.74) is 3.69. The van der Waals surface area contributed by atoms with Crippen LogP contribution in [0, 0.1) is 0 Å². The van der Waals surface area contributed by atoms with Crippen molar-refractivity contribution in [2.45, 2.75) is 36.0 Å². The van der Waals surface area contributed by atoms with Crippen LogP contribution < -0.4 is 15.2 Å². The summed E-state index contributed by atoms with van der Waals surface area (Å²) in [4.78, 5) is -0.335. The third-order valence-corrected chi connectivity index (χ3v) is 4.95. The van der Waals surface area contributed by atoms with E-state index in [0.29, 0.717) is 5.56 Å². The highest BCUT2D eigenvalue weighted by atomic mass is 32.2. The molecule has 1 aromatic carbocycles. The molecule has 21 heavy (non-hydrogen) atoms. The Balaban J connectivity index is 2.37. The van der Waals surface area contributed by atoms with E-state index in [2.05, 4.69) is 0 Å². The summed E-state index contributed by atoms with van der Waals surface area (Å²) in [6, 6.07) is 4.02. The highest BCUT2D eigenvalue weighted by Gasteiger charge is 2.65. The van der Waals surface area contributed by atoms with Crippen LogP contribution in [0.15, 0.2) is 23.1 Å². The van der Waals surface area contributed by atoms with Crippen LogP contribution >= 0.6 is 0 Å². The lowest BCUT2D eigenvalue weighted by molar-refractivity contribution is -0.160. The van der Waals surface area contributed by atoms with Gasteiger partial charge in [0.05, 0.1) is 7.11 Å². The maximum atomic E-state index is 12.9. The van der Waals surface area contributed by atoms with Crippen LogP contribution in [0.25, 0.3) is 0 Å². The molecule has 0 heterocycles. The molecule has 118 valence electrons. The van der Waals surface area contributed by atoms with E-state index < -0.39 is 21.7 Å². The molecule has 0 bridgehead atoms. The van der Waals surface area contributed by atoms with Crippen molar-refractivity contribution in [2.24, 2.45) is 5.73 Å². The summed E-state index contributed by atoms with van der Waals surface area (Å²) < 4.78 is 69.7. The highest BCUT2D eigenvalue weighted by Crippen LogP contribution is 2.50. The van der Waals surface area contributed by atoms with Gasteiger partial charge in [-0.2, -0.15) is 17.9 Å². The van der Waals surface area contributed by atoms with E-state index in [4.69, 9.17) is 10.5 Å². The van der Waals surface area contributed by atoms with Gasteiger partial charge in [-0.1, -0.05) is 6.07 Å². The van der Waals surface area contributed by atoms with Crippen molar-refractivity contribution >= 4 is 10.0 Å². The van der Waals surface area contributed by atoms with Gasteiger partial charge in [-0.25, -0.2) is 8.42 Å². The number of nitrogens with one attached hydrogen (secondary N) is 1. The monoisotopic (exact) mass is 324 g/mol. The molecule has 1 aromatic rings. The number of hydrogen-bond donors (Lipinski definition) is 2. The molecule has 0 saturated heterocycles. The molecule has 0 aromatic heterocycles. The van der Waals surface area contributed by atoms with Crippen LogP contribution in [0.4, 0.5) is 13.2 Å². The predicted molar refractivity (Wildman–Crippen MR) is 69.2 cm³/mol. The molecule has 5 nitrogen and oxygen atoms in total. The molecule has 1 aliphatic carbocycles. The van der Waals surface area contributed by atoms with Crippen LogP contribution in [-0.2, 0) is 16.6 Å². The topological polar surface area (TPSA) is 81.4 Å². The van der Waals surface area contributed by atoms with Gasteiger partial charge in [-0.05, 0) is 30.5 Å². The van der Waals surface area contributed by atoms with E-state index in [0.717, 1.165) is 0 Å². The number of nitrogens with two attached hydrogens (primary N) is 1. The molecule has 0 atom stereocenters. The SMILES string of the molecule is COc1cc(CN)ccc1S(=O)(=O)NC1(C(F)(F)F)CC1. The number of rotatable bonds is 5. The maximum absolute atomic E-state index is 12.9. The Kier molecular flexibility index (Phi) is 3.94. The Morgan fingerprint density at radius 2 is 2.00 bits per heavy atom. The lowest BCUT2D eigenvalue weighted by atomic mass is 10.2. The van der Waals surface area contributed by atoms with Crippen molar-refractivity contribution in [1.29, 1.82) is 0 Å². The maximum Gasteiger partial charge on any atom is 0.407 e. The Labute approximate surface area is 120 Å². The third-order valence-electron chi connectivity index (χ3n) is 3.38. The van der Waals surface area contributed by atoms with Gasteiger partial charge in [-0.15, -0.1) is 0 Å². The summed E-state index contributed by atoms with van der Waals surface area (Å²) in [6.07, 6.45) is -5.15. The first-order chi connectivity index (χ1) is 9.65. The first-order valence-corrected chi connectivity index (χ1v) is 7.61. The second kappa shape index (κ2) is 5.15. The fourth-order valence-corrected chi connectivity index (χ4v) is 3.54. The number of ether oxygens (including phenoxy) is 1. The molecule has 0 amide bonds. The number of halogens is 3. The molecule has 1 aliphatic rings. The zero-order valence-corrected chi connectivity index (χ0v) is 12.0. The standard InChI is InChI=1S/C12H15F3N2O3S/c1-20-9-6-8(7-16)2-3-10(9)21(18,19)17-11(4-5-11)12(13,14)15/h2-3,6,17H,4-5,7,16H2,1H3. The van der Waals surface area contributed by atoms with E-state index in [1.54, 1.807) is 4.72 Å². The Morgan fingerprint density at radius 3 is 2.43 bits per heavy atom. The Morgan fingerprint density at radius 1 is 1.38 bits per heavy atom. The summed E-state index contributed by atoms with van der Waals surface area (Å²) in [5, 5.41) is 0. The van der Waals surface area contributed by atoms with Gasteiger partial charge in [0, 0.05) is 6.54 Å². The Bertz CT molecular complexity index is 640. The van der Waals surface area contributed by atoms with E-state index >= 15 is 0 Å². The van der Waals surface area contributed by atoms with Crippen LogP contribution in [-0.4, -0.2) is 27.2 Å². The molecule has 1 saturated carbocycles. The molecule has 0 spiro atoms. The average molecular weight is 324 g/mol. The lowest BCUT2D eigenvalue weighted by Gasteiger charge is -2.21. The average Bonchev–Trinajstić information content (AvgIpc) is 3.17. The van der Waals surface area contributed by atoms with Crippen molar-refractivity contribution in [3.8, 4) is 5.75 Å².